The first-order valence-electron chi connectivity index (χ1n) is 7.18. The van der Waals surface area contributed by atoms with Gasteiger partial charge in [0.25, 0.3) is 5.56 Å². The number of aromatic nitrogens is 3. The fourth-order valence-corrected chi connectivity index (χ4v) is 2.40. The highest BCUT2D eigenvalue weighted by Crippen LogP contribution is 2.22. The second-order valence-electron chi connectivity index (χ2n) is 5.29. The van der Waals surface area contributed by atoms with Crippen LogP contribution in [0.15, 0.2) is 39.7 Å². The maximum absolute atomic E-state index is 12.3. The van der Waals surface area contributed by atoms with Gasteiger partial charge in [-0.2, -0.15) is 10.4 Å². The van der Waals surface area contributed by atoms with Crippen LogP contribution >= 0.6 is 11.6 Å². The van der Waals surface area contributed by atoms with Gasteiger partial charge in [0.2, 0.25) is 5.89 Å². The number of hydrogen-bond acceptors (Lipinski definition) is 5. The first kappa shape index (κ1) is 16.0. The molecule has 1 aromatic carbocycles. The molecular weight excluding hydrogens is 328 g/mol. The molecule has 0 saturated carbocycles. The van der Waals surface area contributed by atoms with E-state index in [2.05, 4.69) is 10.1 Å². The lowest BCUT2D eigenvalue weighted by Crippen LogP contribution is -2.28. The van der Waals surface area contributed by atoms with Gasteiger partial charge in [-0.25, -0.2) is 9.67 Å². The van der Waals surface area contributed by atoms with Crippen molar-refractivity contribution in [2.24, 2.45) is 0 Å². The predicted molar refractivity (Wildman–Crippen MR) is 88.7 cm³/mol. The zero-order valence-corrected chi connectivity index (χ0v) is 13.8. The topological polar surface area (TPSA) is 84.7 Å². The van der Waals surface area contributed by atoms with Gasteiger partial charge in [0.15, 0.2) is 5.76 Å². The summed E-state index contributed by atoms with van der Waals surface area (Å²) in [5.41, 5.74) is 1.68. The number of benzene rings is 1. The molecule has 24 heavy (non-hydrogen) atoms. The van der Waals surface area contributed by atoms with E-state index in [-0.39, 0.29) is 12.1 Å². The predicted octanol–water partition coefficient (Wildman–Crippen LogP) is 3.09. The zero-order valence-electron chi connectivity index (χ0n) is 13.1. The lowest BCUT2D eigenvalue weighted by atomic mass is 10.1. The fourth-order valence-electron chi connectivity index (χ4n) is 2.27. The maximum atomic E-state index is 12.3. The van der Waals surface area contributed by atoms with Crippen molar-refractivity contribution in [2.75, 3.05) is 0 Å². The molecule has 3 aromatic rings. The van der Waals surface area contributed by atoms with Gasteiger partial charge in [-0.3, -0.25) is 4.79 Å². The van der Waals surface area contributed by atoms with Gasteiger partial charge in [0.1, 0.15) is 18.2 Å². The van der Waals surface area contributed by atoms with Crippen molar-refractivity contribution < 1.29 is 4.42 Å². The number of halogens is 1. The molecule has 2 aromatic heterocycles. The highest BCUT2D eigenvalue weighted by atomic mass is 35.5. The minimum atomic E-state index is -0.452. The monoisotopic (exact) mass is 340 g/mol. The number of aryl methyl sites for hydroxylation is 1. The van der Waals surface area contributed by atoms with Gasteiger partial charge in [-0.15, -0.1) is 0 Å². The van der Waals surface area contributed by atoms with Crippen LogP contribution in [-0.4, -0.2) is 14.8 Å². The molecule has 0 aliphatic carbocycles. The Morgan fingerprint density at radius 2 is 2.00 bits per heavy atom. The average molecular weight is 341 g/mol. The van der Waals surface area contributed by atoms with E-state index in [1.807, 2.05) is 18.2 Å². The van der Waals surface area contributed by atoms with E-state index in [1.54, 1.807) is 32.2 Å². The Morgan fingerprint density at radius 1 is 1.29 bits per heavy atom. The van der Waals surface area contributed by atoms with E-state index in [1.165, 1.54) is 4.68 Å². The normalized spacial score (nSPS) is 10.6. The summed E-state index contributed by atoms with van der Waals surface area (Å²) >= 11 is 5.87. The Balaban J connectivity index is 1.94. The molecule has 0 aliphatic heterocycles. The van der Waals surface area contributed by atoms with Gasteiger partial charge in [0.05, 0.1) is 11.9 Å². The van der Waals surface area contributed by atoms with E-state index in [4.69, 9.17) is 21.3 Å². The van der Waals surface area contributed by atoms with E-state index in [0.29, 0.717) is 27.9 Å². The van der Waals surface area contributed by atoms with Crippen LogP contribution in [0.5, 0.6) is 0 Å². The molecule has 3 rings (SSSR count). The quantitative estimate of drug-likeness (QED) is 0.731. The van der Waals surface area contributed by atoms with Gasteiger partial charge in [-0.05, 0) is 43.7 Å². The smallest absolute Gasteiger partial charge is 0.285 e. The summed E-state index contributed by atoms with van der Waals surface area (Å²) in [4.78, 5) is 16.5. The van der Waals surface area contributed by atoms with Gasteiger partial charge in [-0.1, -0.05) is 11.6 Å². The van der Waals surface area contributed by atoms with Crippen LogP contribution < -0.4 is 5.56 Å². The van der Waals surface area contributed by atoms with Gasteiger partial charge >= 0.3 is 0 Å². The number of oxazole rings is 1. The SMILES string of the molecule is Cc1nn(Cc2ncc(-c3ccc(Cl)cc3)o2)c(=O)c(C#N)c1C. The van der Waals surface area contributed by atoms with Crippen LogP contribution in [0.1, 0.15) is 22.7 Å². The third-order valence-electron chi connectivity index (χ3n) is 3.72. The summed E-state index contributed by atoms with van der Waals surface area (Å²) in [5.74, 6) is 0.903. The Morgan fingerprint density at radius 3 is 2.67 bits per heavy atom. The molecule has 0 bridgehead atoms. The number of hydrogen-bond donors (Lipinski definition) is 0. The highest BCUT2D eigenvalue weighted by molar-refractivity contribution is 6.30. The summed E-state index contributed by atoms with van der Waals surface area (Å²) in [6, 6.07) is 9.09. The third kappa shape index (κ3) is 2.94. The van der Waals surface area contributed by atoms with Crippen molar-refractivity contribution in [3.63, 3.8) is 0 Å². The first-order valence-corrected chi connectivity index (χ1v) is 7.56. The molecule has 0 amide bonds. The van der Waals surface area contributed by atoms with Crippen LogP contribution in [0, 0.1) is 25.2 Å². The summed E-state index contributed by atoms with van der Waals surface area (Å²) in [6.07, 6.45) is 1.58. The Labute approximate surface area is 142 Å². The number of nitriles is 1. The summed E-state index contributed by atoms with van der Waals surface area (Å²) in [5, 5.41) is 14.0. The van der Waals surface area contributed by atoms with Crippen molar-refractivity contribution in [2.45, 2.75) is 20.4 Å². The fraction of sp³-hybridized carbons (Fsp3) is 0.176. The zero-order chi connectivity index (χ0) is 17.3. The molecule has 0 radical (unpaired) electrons. The van der Waals surface area contributed by atoms with E-state index < -0.39 is 5.56 Å². The standard InChI is InChI=1S/C17H13ClN4O2/c1-10-11(2)21-22(17(23)14(10)7-19)9-16-20-8-15(24-16)12-3-5-13(18)6-4-12/h3-6,8H,9H2,1-2H3. The van der Waals surface area contributed by atoms with Crippen LogP contribution in [-0.2, 0) is 6.54 Å². The second kappa shape index (κ2) is 6.30. The van der Waals surface area contributed by atoms with Gasteiger partial charge < -0.3 is 4.42 Å². The van der Waals surface area contributed by atoms with Crippen LogP contribution in [0.2, 0.25) is 5.02 Å². The van der Waals surface area contributed by atoms with Crippen molar-refractivity contribution in [1.29, 1.82) is 5.26 Å². The minimum Gasteiger partial charge on any atom is -0.439 e. The second-order valence-corrected chi connectivity index (χ2v) is 5.72. The first-order chi connectivity index (χ1) is 11.5. The molecule has 0 atom stereocenters. The molecule has 7 heteroatoms. The van der Waals surface area contributed by atoms with Crippen molar-refractivity contribution in [3.8, 4) is 17.4 Å². The highest BCUT2D eigenvalue weighted by Gasteiger charge is 2.14. The summed E-state index contributed by atoms with van der Waals surface area (Å²) in [7, 11) is 0. The Hall–Kier alpha value is -2.91. The molecule has 0 fully saturated rings. The number of nitrogens with zero attached hydrogens (tertiary/aromatic N) is 4. The molecule has 120 valence electrons. The largest absolute Gasteiger partial charge is 0.439 e. The summed E-state index contributed by atoms with van der Waals surface area (Å²) in [6.45, 7) is 3.51. The lowest BCUT2D eigenvalue weighted by molar-refractivity contribution is 0.463. The van der Waals surface area contributed by atoms with Crippen LogP contribution in [0.3, 0.4) is 0 Å². The van der Waals surface area contributed by atoms with Crippen molar-refractivity contribution in [1.82, 2.24) is 14.8 Å². The van der Waals surface area contributed by atoms with Crippen LogP contribution in [0.25, 0.3) is 11.3 Å². The van der Waals surface area contributed by atoms with Gasteiger partial charge in [0, 0.05) is 10.6 Å². The van der Waals surface area contributed by atoms with E-state index >= 15 is 0 Å². The molecule has 0 spiro atoms. The Kier molecular flexibility index (Phi) is 4.19. The Bertz CT molecular complexity index is 997. The van der Waals surface area contributed by atoms with Crippen molar-refractivity contribution >= 4 is 11.6 Å². The van der Waals surface area contributed by atoms with E-state index in [0.717, 1.165) is 5.56 Å². The van der Waals surface area contributed by atoms with Crippen molar-refractivity contribution in [3.05, 3.63) is 68.6 Å². The molecule has 0 aliphatic rings. The van der Waals surface area contributed by atoms with Crippen LogP contribution in [0.4, 0.5) is 0 Å². The number of rotatable bonds is 3. The lowest BCUT2D eigenvalue weighted by Gasteiger charge is -2.06. The maximum Gasteiger partial charge on any atom is 0.285 e. The average Bonchev–Trinajstić information content (AvgIpc) is 3.02. The molecule has 6 nitrogen and oxygen atoms in total. The minimum absolute atomic E-state index is 0.0578. The third-order valence-corrected chi connectivity index (χ3v) is 3.97. The molecule has 0 saturated heterocycles. The molecule has 0 unspecified atom stereocenters. The summed E-state index contributed by atoms with van der Waals surface area (Å²) < 4.78 is 6.87. The molecular formula is C17H13ClN4O2. The molecule has 0 N–H and O–H groups in total. The molecule has 2 heterocycles. The van der Waals surface area contributed by atoms with E-state index in [9.17, 15) is 4.79 Å².